The highest BCUT2D eigenvalue weighted by Gasteiger charge is 2.44. The Balaban J connectivity index is 2.71. The predicted octanol–water partition coefficient (Wildman–Crippen LogP) is 5.07. The van der Waals surface area contributed by atoms with Gasteiger partial charge in [-0.15, -0.1) is 0 Å². The van der Waals surface area contributed by atoms with Crippen LogP contribution in [0.1, 0.15) is 29.8 Å². The van der Waals surface area contributed by atoms with Crippen molar-refractivity contribution in [3.05, 3.63) is 46.8 Å². The normalized spacial score (nSPS) is 17.3. The van der Waals surface area contributed by atoms with E-state index in [1.165, 1.54) is 6.92 Å². The second-order valence-electron chi connectivity index (χ2n) is 6.37. The Morgan fingerprint density at radius 3 is 2.12 bits per heavy atom. The summed E-state index contributed by atoms with van der Waals surface area (Å²) in [5.41, 5.74) is -6.30. The van der Waals surface area contributed by atoms with Crippen molar-refractivity contribution in [1.29, 1.82) is 5.41 Å². The number of allylic oxidation sites excluding steroid dienone is 1. The van der Waals surface area contributed by atoms with Crippen molar-refractivity contribution in [3.63, 3.8) is 0 Å². The first-order valence-corrected chi connectivity index (χ1v) is 8.77. The fraction of sp³-hybridized carbons (Fsp3) is 0.389. The van der Waals surface area contributed by atoms with E-state index in [4.69, 9.17) is 10.1 Å². The third-order valence-corrected chi connectivity index (χ3v) is 4.27. The minimum absolute atomic E-state index is 0.235. The number of halogens is 9. The van der Waals surface area contributed by atoms with Gasteiger partial charge in [0.05, 0.1) is 18.2 Å². The Bertz CT molecular complexity index is 995. The Hall–Kier alpha value is -3.26. The molecule has 0 amide bonds. The maximum atomic E-state index is 13.6. The van der Waals surface area contributed by atoms with E-state index in [1.807, 2.05) is 0 Å². The summed E-state index contributed by atoms with van der Waals surface area (Å²) in [6.45, 7) is 0.912. The molecule has 0 radical (unpaired) electrons. The maximum absolute atomic E-state index is 13.6. The smallest absolute Gasteiger partial charge is 0.433 e. The monoisotopic (exact) mass is 491 g/mol. The van der Waals surface area contributed by atoms with Gasteiger partial charge in [-0.25, -0.2) is 4.79 Å². The standard InChI is InChI=1S/C18H14F9N3O3/c1-3-30-12(33-13(28)15(31)32-2)7-11(18(25,26)27)29-14(30)9-5-4-8(16(19,20)21)6-10(9)17(22,23)24/h4-7,14,28H,3H2,1-2H3. The van der Waals surface area contributed by atoms with E-state index in [0.717, 1.165) is 7.11 Å². The van der Waals surface area contributed by atoms with Crippen LogP contribution in [0.15, 0.2) is 35.2 Å². The molecule has 0 saturated carbocycles. The quantitative estimate of drug-likeness (QED) is 0.277. The molecular formula is C18H14F9N3O3. The van der Waals surface area contributed by atoms with Gasteiger partial charge in [0.2, 0.25) is 5.88 Å². The molecule has 15 heteroatoms. The van der Waals surface area contributed by atoms with Gasteiger partial charge in [0.15, 0.2) is 6.17 Å². The molecule has 1 atom stereocenters. The van der Waals surface area contributed by atoms with Crippen LogP contribution in [0.2, 0.25) is 0 Å². The number of hydrogen-bond acceptors (Lipinski definition) is 6. The lowest BCUT2D eigenvalue weighted by atomic mass is 9.99. The average Bonchev–Trinajstić information content (AvgIpc) is 2.70. The van der Waals surface area contributed by atoms with Crippen LogP contribution in [0.3, 0.4) is 0 Å². The molecule has 0 spiro atoms. The van der Waals surface area contributed by atoms with Gasteiger partial charge >= 0.3 is 30.4 Å². The molecule has 0 fully saturated rings. The zero-order valence-electron chi connectivity index (χ0n) is 16.6. The number of nitrogens with zero attached hydrogens (tertiary/aromatic N) is 2. The van der Waals surface area contributed by atoms with E-state index < -0.39 is 64.8 Å². The molecule has 1 aliphatic heterocycles. The Morgan fingerprint density at radius 1 is 1.06 bits per heavy atom. The van der Waals surface area contributed by atoms with Crippen LogP contribution in [-0.4, -0.2) is 42.3 Å². The molecular weight excluding hydrogens is 477 g/mol. The summed E-state index contributed by atoms with van der Waals surface area (Å²) in [5, 5.41) is 7.44. The van der Waals surface area contributed by atoms with E-state index in [-0.39, 0.29) is 24.8 Å². The highest BCUT2D eigenvalue weighted by atomic mass is 19.4. The number of carbonyl (C=O) groups excluding carboxylic acids is 1. The Kier molecular flexibility index (Phi) is 7.04. The van der Waals surface area contributed by atoms with Crippen molar-refractivity contribution in [3.8, 4) is 0 Å². The summed E-state index contributed by atoms with van der Waals surface area (Å²) in [6.07, 6.45) is -17.6. The zero-order chi connectivity index (χ0) is 25.4. The highest BCUT2D eigenvalue weighted by molar-refractivity contribution is 6.31. The van der Waals surface area contributed by atoms with Crippen molar-refractivity contribution >= 4 is 17.6 Å². The van der Waals surface area contributed by atoms with Crippen LogP contribution < -0.4 is 0 Å². The SMILES string of the molecule is CCN1C(OC(=N)C(=O)OC)=CC(C(F)(F)F)=NC1c1ccc(C(F)(F)F)cc1C(F)(F)F. The van der Waals surface area contributed by atoms with Crippen molar-refractivity contribution in [2.75, 3.05) is 13.7 Å². The topological polar surface area (TPSA) is 75.0 Å². The Morgan fingerprint density at radius 2 is 1.67 bits per heavy atom. The van der Waals surface area contributed by atoms with Crippen molar-refractivity contribution in [1.82, 2.24) is 4.90 Å². The fourth-order valence-electron chi connectivity index (χ4n) is 2.81. The highest BCUT2D eigenvalue weighted by Crippen LogP contribution is 2.43. The lowest BCUT2D eigenvalue weighted by Gasteiger charge is -2.36. The Labute approximate surface area is 179 Å². The maximum Gasteiger partial charge on any atom is 0.433 e. The van der Waals surface area contributed by atoms with Crippen molar-refractivity contribution in [2.24, 2.45) is 4.99 Å². The first-order chi connectivity index (χ1) is 15.0. The molecule has 1 aromatic carbocycles. The minimum Gasteiger partial charge on any atom is -0.462 e. The number of ether oxygens (including phenoxy) is 2. The van der Waals surface area contributed by atoms with Crippen molar-refractivity contribution in [2.45, 2.75) is 31.6 Å². The molecule has 182 valence electrons. The minimum atomic E-state index is -5.38. The van der Waals surface area contributed by atoms with E-state index >= 15 is 0 Å². The van der Waals surface area contributed by atoms with Gasteiger partial charge in [-0.3, -0.25) is 10.4 Å². The molecule has 1 unspecified atom stereocenters. The van der Waals surface area contributed by atoms with Gasteiger partial charge in [-0.1, -0.05) is 6.07 Å². The predicted molar refractivity (Wildman–Crippen MR) is 94.0 cm³/mol. The number of methoxy groups -OCH3 is 1. The largest absolute Gasteiger partial charge is 0.462 e. The molecule has 0 bridgehead atoms. The third-order valence-electron chi connectivity index (χ3n) is 4.27. The van der Waals surface area contributed by atoms with Crippen LogP contribution in [0.25, 0.3) is 0 Å². The number of alkyl halides is 9. The summed E-state index contributed by atoms with van der Waals surface area (Å²) in [5.74, 6) is -3.56. The first-order valence-electron chi connectivity index (χ1n) is 8.77. The van der Waals surface area contributed by atoms with Gasteiger partial charge in [0.25, 0.3) is 0 Å². The van der Waals surface area contributed by atoms with Crippen LogP contribution in [0.5, 0.6) is 0 Å². The molecule has 0 saturated heterocycles. The molecule has 33 heavy (non-hydrogen) atoms. The van der Waals surface area contributed by atoms with Crippen molar-refractivity contribution < 1.29 is 53.8 Å². The van der Waals surface area contributed by atoms with Crippen LogP contribution in [0.4, 0.5) is 39.5 Å². The molecule has 1 N–H and O–H groups in total. The van der Waals surface area contributed by atoms with Gasteiger partial charge in [0.1, 0.15) is 5.71 Å². The first kappa shape index (κ1) is 26.0. The zero-order valence-corrected chi connectivity index (χ0v) is 16.6. The summed E-state index contributed by atoms with van der Waals surface area (Å²) >= 11 is 0. The molecule has 1 aromatic rings. The third kappa shape index (κ3) is 5.76. The summed E-state index contributed by atoms with van der Waals surface area (Å²) < 4.78 is 129. The lowest BCUT2D eigenvalue weighted by molar-refractivity contribution is -0.143. The second kappa shape index (κ2) is 8.94. The number of aliphatic imine (C=N–C) groups is 1. The number of nitrogens with one attached hydrogen (secondary N) is 1. The van der Waals surface area contributed by atoms with Crippen LogP contribution in [-0.2, 0) is 26.6 Å². The molecule has 2 rings (SSSR count). The molecule has 0 aromatic heterocycles. The van der Waals surface area contributed by atoms with E-state index in [1.54, 1.807) is 0 Å². The van der Waals surface area contributed by atoms with E-state index in [0.29, 0.717) is 11.0 Å². The lowest BCUT2D eigenvalue weighted by Crippen LogP contribution is -2.38. The van der Waals surface area contributed by atoms with E-state index in [9.17, 15) is 44.3 Å². The summed E-state index contributed by atoms with van der Waals surface area (Å²) in [6, 6.07) is 0.406. The van der Waals surface area contributed by atoms with Gasteiger partial charge in [0, 0.05) is 18.2 Å². The summed E-state index contributed by atoms with van der Waals surface area (Å²) in [4.78, 5) is 15.4. The number of hydrogen-bond donors (Lipinski definition) is 1. The number of esters is 1. The second-order valence-corrected chi connectivity index (χ2v) is 6.37. The molecule has 6 nitrogen and oxygen atoms in total. The molecule has 1 heterocycles. The molecule has 0 aliphatic carbocycles. The summed E-state index contributed by atoms with van der Waals surface area (Å²) in [7, 11) is 0.844. The molecule has 1 aliphatic rings. The number of carbonyl (C=O) groups is 1. The van der Waals surface area contributed by atoms with E-state index in [2.05, 4.69) is 9.73 Å². The average molecular weight is 491 g/mol. The van der Waals surface area contributed by atoms with Gasteiger partial charge < -0.3 is 14.4 Å². The number of benzene rings is 1. The van der Waals surface area contributed by atoms with Crippen LogP contribution >= 0.6 is 0 Å². The van der Waals surface area contributed by atoms with Crippen LogP contribution in [0, 0.1) is 5.41 Å². The van der Waals surface area contributed by atoms with Gasteiger partial charge in [-0.05, 0) is 19.1 Å². The fourth-order valence-corrected chi connectivity index (χ4v) is 2.81. The van der Waals surface area contributed by atoms with Gasteiger partial charge in [-0.2, -0.15) is 39.5 Å². The number of rotatable bonds is 3.